The maximum absolute atomic E-state index is 12.3. The van der Waals surface area contributed by atoms with Crippen molar-refractivity contribution in [2.24, 2.45) is 0 Å². The molecule has 2 N–H and O–H groups in total. The topological polar surface area (TPSA) is 91.4 Å². The standard InChI is InChI=1S/C13H13BrN4O3/c14-8-1-2-9(15-7-8)10(19)18-5-3-13(4-6-18)11(20)16-12(21)17-13/h1-2,7H,3-6H2,(H2,16,17,20,21). The van der Waals surface area contributed by atoms with E-state index < -0.39 is 11.6 Å². The molecule has 3 rings (SSSR count). The number of nitrogens with zero attached hydrogens (tertiary/aromatic N) is 2. The van der Waals surface area contributed by atoms with Gasteiger partial charge in [-0.05, 0) is 40.9 Å². The van der Waals surface area contributed by atoms with Crippen molar-refractivity contribution in [1.82, 2.24) is 20.5 Å². The molecule has 4 amide bonds. The van der Waals surface area contributed by atoms with Gasteiger partial charge in [0.25, 0.3) is 11.8 Å². The number of amides is 4. The minimum Gasteiger partial charge on any atom is -0.337 e. The van der Waals surface area contributed by atoms with Crippen LogP contribution in [0.4, 0.5) is 4.79 Å². The highest BCUT2D eigenvalue weighted by molar-refractivity contribution is 9.10. The van der Waals surface area contributed by atoms with Crippen LogP contribution >= 0.6 is 15.9 Å². The summed E-state index contributed by atoms with van der Waals surface area (Å²) in [5.41, 5.74) is -0.491. The molecule has 2 fully saturated rings. The van der Waals surface area contributed by atoms with Crippen molar-refractivity contribution >= 4 is 33.8 Å². The van der Waals surface area contributed by atoms with Gasteiger partial charge < -0.3 is 10.2 Å². The van der Waals surface area contributed by atoms with Crippen molar-refractivity contribution in [1.29, 1.82) is 0 Å². The zero-order chi connectivity index (χ0) is 15.0. The molecule has 0 bridgehead atoms. The second-order valence-electron chi connectivity index (χ2n) is 5.14. The van der Waals surface area contributed by atoms with Crippen LogP contribution < -0.4 is 10.6 Å². The van der Waals surface area contributed by atoms with E-state index in [9.17, 15) is 14.4 Å². The third kappa shape index (κ3) is 2.51. The lowest BCUT2D eigenvalue weighted by Crippen LogP contribution is -2.55. The Morgan fingerprint density at radius 2 is 2.00 bits per heavy atom. The van der Waals surface area contributed by atoms with Crippen LogP contribution in [0.3, 0.4) is 0 Å². The van der Waals surface area contributed by atoms with Gasteiger partial charge in [0.05, 0.1) is 0 Å². The predicted molar refractivity (Wildman–Crippen MR) is 76.5 cm³/mol. The van der Waals surface area contributed by atoms with Gasteiger partial charge in [-0.25, -0.2) is 9.78 Å². The monoisotopic (exact) mass is 352 g/mol. The van der Waals surface area contributed by atoms with E-state index in [1.807, 2.05) is 0 Å². The van der Waals surface area contributed by atoms with Gasteiger partial charge in [0, 0.05) is 23.8 Å². The largest absolute Gasteiger partial charge is 0.337 e. The van der Waals surface area contributed by atoms with Crippen LogP contribution in [-0.2, 0) is 4.79 Å². The van der Waals surface area contributed by atoms with Crippen LogP contribution in [0, 0.1) is 0 Å². The van der Waals surface area contributed by atoms with Gasteiger partial charge in [0.15, 0.2) is 0 Å². The Bertz CT molecular complexity index is 608. The first-order valence-corrected chi connectivity index (χ1v) is 7.34. The number of nitrogens with one attached hydrogen (secondary N) is 2. The fourth-order valence-corrected chi connectivity index (χ4v) is 2.87. The van der Waals surface area contributed by atoms with Gasteiger partial charge in [-0.15, -0.1) is 0 Å². The zero-order valence-electron chi connectivity index (χ0n) is 11.1. The number of carbonyl (C=O) groups excluding carboxylic acids is 3. The van der Waals surface area contributed by atoms with Crippen molar-refractivity contribution in [2.75, 3.05) is 13.1 Å². The number of hydrogen-bond acceptors (Lipinski definition) is 4. The minimum absolute atomic E-state index is 0.165. The molecule has 8 heteroatoms. The van der Waals surface area contributed by atoms with Gasteiger partial charge in [-0.2, -0.15) is 0 Å². The van der Waals surface area contributed by atoms with Crippen molar-refractivity contribution in [3.63, 3.8) is 0 Å². The lowest BCUT2D eigenvalue weighted by molar-refractivity contribution is -0.125. The first-order chi connectivity index (χ1) is 10.00. The van der Waals surface area contributed by atoms with Crippen LogP contribution in [0.25, 0.3) is 0 Å². The molecule has 3 heterocycles. The smallest absolute Gasteiger partial charge is 0.322 e. The Labute approximate surface area is 129 Å². The van der Waals surface area contributed by atoms with Gasteiger partial charge in [0.1, 0.15) is 11.2 Å². The van der Waals surface area contributed by atoms with Crippen molar-refractivity contribution in [3.05, 3.63) is 28.5 Å². The van der Waals surface area contributed by atoms with E-state index in [-0.39, 0.29) is 11.8 Å². The highest BCUT2D eigenvalue weighted by Gasteiger charge is 2.48. The van der Waals surface area contributed by atoms with E-state index in [0.717, 1.165) is 4.47 Å². The second-order valence-corrected chi connectivity index (χ2v) is 6.06. The van der Waals surface area contributed by atoms with Crippen LogP contribution in [0.1, 0.15) is 23.3 Å². The zero-order valence-corrected chi connectivity index (χ0v) is 12.6. The summed E-state index contributed by atoms with van der Waals surface area (Å²) in [6.45, 7) is 0.814. The fourth-order valence-electron chi connectivity index (χ4n) is 2.64. The fraction of sp³-hybridized carbons (Fsp3) is 0.385. The predicted octanol–water partition coefficient (Wildman–Crippen LogP) is 0.658. The van der Waals surface area contributed by atoms with E-state index >= 15 is 0 Å². The molecule has 0 unspecified atom stereocenters. The number of pyridine rings is 1. The second kappa shape index (κ2) is 5.10. The van der Waals surface area contributed by atoms with Crippen LogP contribution in [-0.4, -0.2) is 46.4 Å². The Morgan fingerprint density at radius 3 is 2.52 bits per heavy atom. The van der Waals surface area contributed by atoms with Crippen molar-refractivity contribution < 1.29 is 14.4 Å². The van der Waals surface area contributed by atoms with Crippen LogP contribution in [0.5, 0.6) is 0 Å². The Hall–Kier alpha value is -1.96. The number of aromatic nitrogens is 1. The van der Waals surface area contributed by atoms with Gasteiger partial charge >= 0.3 is 6.03 Å². The molecule has 7 nitrogen and oxygen atoms in total. The molecular formula is C13H13BrN4O3. The molecule has 2 aliphatic rings. The van der Waals surface area contributed by atoms with E-state index in [4.69, 9.17) is 0 Å². The Balaban J connectivity index is 1.68. The van der Waals surface area contributed by atoms with Gasteiger partial charge in [-0.3, -0.25) is 14.9 Å². The molecule has 2 aliphatic heterocycles. The summed E-state index contributed by atoms with van der Waals surface area (Å²) in [4.78, 5) is 41.1. The molecule has 0 atom stereocenters. The molecule has 2 saturated heterocycles. The number of piperidine rings is 1. The van der Waals surface area contributed by atoms with Crippen molar-refractivity contribution in [2.45, 2.75) is 18.4 Å². The maximum atomic E-state index is 12.3. The SMILES string of the molecule is O=C1NC(=O)C2(CCN(C(=O)c3ccc(Br)cn3)CC2)N1. The average Bonchev–Trinajstić information content (AvgIpc) is 2.74. The number of likely N-dealkylation sites (tertiary alicyclic amines) is 1. The molecule has 0 radical (unpaired) electrons. The molecule has 1 aromatic heterocycles. The van der Waals surface area contributed by atoms with E-state index in [1.165, 1.54) is 0 Å². The number of imide groups is 1. The Morgan fingerprint density at radius 1 is 1.29 bits per heavy atom. The summed E-state index contributed by atoms with van der Waals surface area (Å²) < 4.78 is 0.807. The molecule has 110 valence electrons. The minimum atomic E-state index is -0.860. The number of halogens is 1. The van der Waals surface area contributed by atoms with Crippen LogP contribution in [0.2, 0.25) is 0 Å². The highest BCUT2D eigenvalue weighted by Crippen LogP contribution is 2.26. The molecule has 0 aliphatic carbocycles. The summed E-state index contributed by atoms with van der Waals surface area (Å²) in [6.07, 6.45) is 2.39. The average molecular weight is 353 g/mol. The first-order valence-electron chi connectivity index (χ1n) is 6.55. The van der Waals surface area contributed by atoms with E-state index in [1.54, 1.807) is 23.2 Å². The maximum Gasteiger partial charge on any atom is 0.322 e. The molecule has 0 saturated carbocycles. The number of rotatable bonds is 1. The normalized spacial score (nSPS) is 20.3. The molecule has 0 aromatic carbocycles. The number of carbonyl (C=O) groups is 3. The lowest BCUT2D eigenvalue weighted by Gasteiger charge is -2.36. The third-order valence-electron chi connectivity index (χ3n) is 3.87. The van der Waals surface area contributed by atoms with E-state index in [0.29, 0.717) is 31.6 Å². The lowest BCUT2D eigenvalue weighted by atomic mass is 9.87. The summed E-state index contributed by atoms with van der Waals surface area (Å²) in [7, 11) is 0. The molecule has 1 aromatic rings. The van der Waals surface area contributed by atoms with Gasteiger partial charge in [0.2, 0.25) is 0 Å². The summed E-state index contributed by atoms with van der Waals surface area (Å²) in [6, 6.07) is 2.95. The van der Waals surface area contributed by atoms with E-state index in [2.05, 4.69) is 31.5 Å². The molecule has 1 spiro atoms. The Kier molecular flexibility index (Phi) is 3.40. The summed E-state index contributed by atoms with van der Waals surface area (Å²) in [5, 5.41) is 4.92. The third-order valence-corrected chi connectivity index (χ3v) is 4.33. The number of urea groups is 1. The van der Waals surface area contributed by atoms with Crippen LogP contribution in [0.15, 0.2) is 22.8 Å². The summed E-state index contributed by atoms with van der Waals surface area (Å²) >= 11 is 3.27. The quantitative estimate of drug-likeness (QED) is 0.726. The van der Waals surface area contributed by atoms with Crippen molar-refractivity contribution in [3.8, 4) is 0 Å². The number of hydrogen-bond donors (Lipinski definition) is 2. The molecular weight excluding hydrogens is 340 g/mol. The first kappa shape index (κ1) is 14.0. The van der Waals surface area contributed by atoms with Gasteiger partial charge in [-0.1, -0.05) is 0 Å². The molecule has 21 heavy (non-hydrogen) atoms. The summed E-state index contributed by atoms with van der Waals surface area (Å²) in [5.74, 6) is -0.469. The highest BCUT2D eigenvalue weighted by atomic mass is 79.9.